The number of aliphatic hydroxyl groups is 1. The van der Waals surface area contributed by atoms with Gasteiger partial charge in [-0.15, -0.1) is 0 Å². The van der Waals surface area contributed by atoms with Crippen LogP contribution in [0.25, 0.3) is 0 Å². The topological polar surface area (TPSA) is 178 Å². The van der Waals surface area contributed by atoms with Crippen molar-refractivity contribution in [1.82, 2.24) is 24.9 Å². The Morgan fingerprint density at radius 3 is 1.17 bits per heavy atom. The molecule has 1 aliphatic rings. The van der Waals surface area contributed by atoms with Crippen LogP contribution in [0.1, 0.15) is 62.3 Å². The van der Waals surface area contributed by atoms with Crippen LogP contribution in [-0.2, 0) is 38.2 Å². The van der Waals surface area contributed by atoms with Crippen molar-refractivity contribution in [2.45, 2.75) is 85.2 Å². The molecule has 0 aromatic carbocycles. The second kappa shape index (κ2) is 18.5. The van der Waals surface area contributed by atoms with Crippen LogP contribution in [0.2, 0.25) is 0 Å². The van der Waals surface area contributed by atoms with E-state index in [2.05, 4.69) is 5.32 Å². The highest BCUT2D eigenvalue weighted by atomic mass is 16.6. The maximum Gasteiger partial charge on any atom is 0.322 e. The van der Waals surface area contributed by atoms with Gasteiger partial charge in [-0.05, 0) is 62.3 Å². The predicted octanol–water partition coefficient (Wildman–Crippen LogP) is -0.205. The number of ether oxygens (including phenoxy) is 3. The lowest BCUT2D eigenvalue weighted by atomic mass is 10.2. The lowest BCUT2D eigenvalue weighted by molar-refractivity contribution is -0.158. The van der Waals surface area contributed by atoms with E-state index in [0.717, 1.165) is 0 Å². The summed E-state index contributed by atoms with van der Waals surface area (Å²) in [7, 11) is 0. The van der Waals surface area contributed by atoms with Gasteiger partial charge in [0.15, 0.2) is 0 Å². The van der Waals surface area contributed by atoms with Gasteiger partial charge in [0.1, 0.15) is 29.4 Å². The van der Waals surface area contributed by atoms with Gasteiger partial charge in [0.2, 0.25) is 5.91 Å². The Balaban J connectivity index is 3.35. The molecule has 0 aromatic rings. The molecular formula is C31H57N5O10. The standard InChI is InChI=1S/C31H57N5O10/c1-29(2,3)44-25(40)19-33-10-12-34(20-26(41)45-30(4,5)6)14-16-36(23(22-37)28(43)32-18-24(38)39)17-15-35(13-11-33)21-27(42)46-31(7,8)9/h23,37H,10-22H2,1-9H3,(H,32,43)(H,38,39). The van der Waals surface area contributed by atoms with Crippen LogP contribution in [0.3, 0.4) is 0 Å². The Labute approximate surface area is 273 Å². The number of rotatable bonds is 11. The summed E-state index contributed by atoms with van der Waals surface area (Å²) in [5, 5.41) is 21.6. The Hall–Kier alpha value is -2.85. The quantitative estimate of drug-likeness (QED) is 0.196. The molecular weight excluding hydrogens is 602 g/mol. The average molecular weight is 660 g/mol. The van der Waals surface area contributed by atoms with Gasteiger partial charge in [0.05, 0.1) is 26.2 Å². The fourth-order valence-corrected chi connectivity index (χ4v) is 4.65. The summed E-state index contributed by atoms with van der Waals surface area (Å²) in [6.45, 7) is 17.2. The molecule has 266 valence electrons. The number of aliphatic hydroxyl groups excluding tert-OH is 1. The summed E-state index contributed by atoms with van der Waals surface area (Å²) < 4.78 is 16.6. The van der Waals surface area contributed by atoms with Crippen molar-refractivity contribution < 1.29 is 48.4 Å². The smallest absolute Gasteiger partial charge is 0.322 e. The number of carboxylic acids is 1. The Bertz CT molecular complexity index is 973. The van der Waals surface area contributed by atoms with Gasteiger partial charge in [0, 0.05) is 52.4 Å². The van der Waals surface area contributed by atoms with Gasteiger partial charge in [-0.3, -0.25) is 43.6 Å². The fraction of sp³-hybridized carbons (Fsp3) is 0.839. The van der Waals surface area contributed by atoms with E-state index in [9.17, 15) is 29.1 Å². The zero-order chi connectivity index (χ0) is 35.3. The number of carbonyl (C=O) groups excluding carboxylic acids is 4. The second-order valence-electron chi connectivity index (χ2n) is 14.4. The van der Waals surface area contributed by atoms with Crippen LogP contribution in [0.4, 0.5) is 0 Å². The van der Waals surface area contributed by atoms with Gasteiger partial charge in [0.25, 0.3) is 0 Å². The highest BCUT2D eigenvalue weighted by Gasteiger charge is 2.29. The maximum absolute atomic E-state index is 12.9. The summed E-state index contributed by atoms with van der Waals surface area (Å²) in [4.78, 5) is 69.8. The number of carboxylic acid groups (broad SMARTS) is 1. The molecule has 0 bridgehead atoms. The van der Waals surface area contributed by atoms with Gasteiger partial charge in [-0.25, -0.2) is 0 Å². The lowest BCUT2D eigenvalue weighted by Crippen LogP contribution is -2.55. The van der Waals surface area contributed by atoms with Crippen LogP contribution in [0, 0.1) is 0 Å². The van der Waals surface area contributed by atoms with Crippen molar-refractivity contribution in [3.05, 3.63) is 0 Å². The first kappa shape index (κ1) is 41.2. The van der Waals surface area contributed by atoms with Crippen molar-refractivity contribution in [3.63, 3.8) is 0 Å². The molecule has 3 N–H and O–H groups in total. The SMILES string of the molecule is CC(C)(C)OC(=O)CN1CCN(CC(=O)OC(C)(C)C)CCN(C(CO)C(=O)NCC(=O)O)CCN(CC(=O)OC(C)(C)C)CC1. The molecule has 0 aromatic heterocycles. The third-order valence-electron chi connectivity index (χ3n) is 6.52. The molecule has 1 aliphatic heterocycles. The Kier molecular flexibility index (Phi) is 16.5. The summed E-state index contributed by atoms with van der Waals surface area (Å²) in [5.74, 6) is -3.15. The summed E-state index contributed by atoms with van der Waals surface area (Å²) in [5.41, 5.74) is -2.06. The highest BCUT2D eigenvalue weighted by molar-refractivity contribution is 5.85. The minimum Gasteiger partial charge on any atom is -0.480 e. The van der Waals surface area contributed by atoms with E-state index < -0.39 is 65.8 Å². The molecule has 1 rings (SSSR count). The zero-order valence-corrected chi connectivity index (χ0v) is 29.2. The number of aliphatic carboxylic acids is 1. The van der Waals surface area contributed by atoms with E-state index in [0.29, 0.717) is 26.2 Å². The third kappa shape index (κ3) is 19.0. The summed E-state index contributed by atoms with van der Waals surface area (Å²) in [6, 6.07) is -1.07. The van der Waals surface area contributed by atoms with Gasteiger partial charge in [-0.2, -0.15) is 0 Å². The van der Waals surface area contributed by atoms with E-state index in [1.165, 1.54) is 0 Å². The minimum atomic E-state index is -1.22. The number of nitrogens with one attached hydrogen (secondary N) is 1. The molecule has 0 spiro atoms. The monoisotopic (exact) mass is 659 g/mol. The molecule has 15 nitrogen and oxygen atoms in total. The van der Waals surface area contributed by atoms with Crippen LogP contribution < -0.4 is 5.32 Å². The van der Waals surface area contributed by atoms with Crippen LogP contribution in [0.5, 0.6) is 0 Å². The Morgan fingerprint density at radius 1 is 0.609 bits per heavy atom. The first-order valence-electron chi connectivity index (χ1n) is 15.7. The van der Waals surface area contributed by atoms with Gasteiger partial charge < -0.3 is 29.7 Å². The van der Waals surface area contributed by atoms with E-state index in [1.54, 1.807) is 67.2 Å². The minimum absolute atomic E-state index is 0.000283. The number of nitrogens with zero attached hydrogens (tertiary/aromatic N) is 4. The van der Waals surface area contributed by atoms with Crippen molar-refractivity contribution in [1.29, 1.82) is 0 Å². The molecule has 1 atom stereocenters. The lowest BCUT2D eigenvalue weighted by Gasteiger charge is -2.36. The molecule has 15 heteroatoms. The molecule has 1 amide bonds. The molecule has 1 saturated heterocycles. The van der Waals surface area contributed by atoms with Crippen LogP contribution >= 0.6 is 0 Å². The number of hydrogen-bond acceptors (Lipinski definition) is 13. The summed E-state index contributed by atoms with van der Waals surface area (Å²) in [6.07, 6.45) is 0. The number of esters is 3. The van der Waals surface area contributed by atoms with Crippen LogP contribution in [-0.4, -0.2) is 168 Å². The van der Waals surface area contributed by atoms with Crippen molar-refractivity contribution in [2.24, 2.45) is 0 Å². The third-order valence-corrected chi connectivity index (χ3v) is 6.52. The molecule has 0 aliphatic carbocycles. The molecule has 0 radical (unpaired) electrons. The Morgan fingerprint density at radius 2 is 0.913 bits per heavy atom. The first-order valence-corrected chi connectivity index (χ1v) is 15.7. The molecule has 46 heavy (non-hydrogen) atoms. The molecule has 1 unspecified atom stereocenters. The van der Waals surface area contributed by atoms with E-state index in [-0.39, 0.29) is 45.8 Å². The predicted molar refractivity (Wildman–Crippen MR) is 170 cm³/mol. The second-order valence-corrected chi connectivity index (χ2v) is 14.4. The zero-order valence-electron chi connectivity index (χ0n) is 29.2. The van der Waals surface area contributed by atoms with Crippen molar-refractivity contribution in [2.75, 3.05) is 85.1 Å². The first-order chi connectivity index (χ1) is 21.1. The number of hydrogen-bond donors (Lipinski definition) is 3. The normalized spacial score (nSPS) is 18.0. The van der Waals surface area contributed by atoms with Crippen LogP contribution in [0.15, 0.2) is 0 Å². The highest BCUT2D eigenvalue weighted by Crippen LogP contribution is 2.12. The molecule has 1 fully saturated rings. The van der Waals surface area contributed by atoms with E-state index in [4.69, 9.17) is 19.3 Å². The van der Waals surface area contributed by atoms with E-state index in [1.807, 2.05) is 14.7 Å². The van der Waals surface area contributed by atoms with Gasteiger partial charge in [-0.1, -0.05) is 0 Å². The number of carbonyl (C=O) groups is 5. The van der Waals surface area contributed by atoms with Crippen molar-refractivity contribution >= 4 is 29.8 Å². The fourth-order valence-electron chi connectivity index (χ4n) is 4.65. The van der Waals surface area contributed by atoms with Gasteiger partial charge >= 0.3 is 23.9 Å². The van der Waals surface area contributed by atoms with E-state index >= 15 is 0 Å². The average Bonchev–Trinajstić information content (AvgIpc) is 2.85. The maximum atomic E-state index is 12.9. The molecule has 0 saturated carbocycles. The molecule has 1 heterocycles. The summed E-state index contributed by atoms with van der Waals surface area (Å²) >= 11 is 0. The number of amides is 1. The largest absolute Gasteiger partial charge is 0.480 e. The van der Waals surface area contributed by atoms with Crippen molar-refractivity contribution in [3.8, 4) is 0 Å².